The molecule has 160 valence electrons. The second kappa shape index (κ2) is 9.78. The van der Waals surface area contributed by atoms with E-state index >= 15 is 0 Å². The van der Waals surface area contributed by atoms with Gasteiger partial charge in [-0.25, -0.2) is 9.97 Å². The number of carbonyl (C=O) groups excluding carboxylic acids is 1. The maximum absolute atomic E-state index is 12.7. The number of nitrogens with zero attached hydrogens (tertiary/aromatic N) is 3. The number of rotatable bonds is 6. The van der Waals surface area contributed by atoms with E-state index in [9.17, 15) is 4.79 Å². The van der Waals surface area contributed by atoms with Crippen molar-refractivity contribution in [3.63, 3.8) is 0 Å². The number of piperidine rings is 1. The van der Waals surface area contributed by atoms with Crippen LogP contribution < -0.4 is 19.7 Å². The van der Waals surface area contributed by atoms with Crippen LogP contribution in [0.1, 0.15) is 12.8 Å². The summed E-state index contributed by atoms with van der Waals surface area (Å²) < 4.78 is 12.2. The molecule has 8 heteroatoms. The van der Waals surface area contributed by atoms with E-state index in [1.807, 2.05) is 42.5 Å². The van der Waals surface area contributed by atoms with Crippen molar-refractivity contribution in [2.24, 2.45) is 5.92 Å². The number of halogens is 1. The molecule has 7 nitrogen and oxygen atoms in total. The molecule has 2 heterocycles. The van der Waals surface area contributed by atoms with Crippen LogP contribution in [0.25, 0.3) is 0 Å². The zero-order valence-electron chi connectivity index (χ0n) is 17.1. The lowest BCUT2D eigenvalue weighted by molar-refractivity contribution is -0.120. The number of ether oxygens (including phenoxy) is 2. The van der Waals surface area contributed by atoms with Crippen LogP contribution in [0.4, 0.5) is 11.5 Å². The summed E-state index contributed by atoms with van der Waals surface area (Å²) in [5.74, 6) is 2.45. The number of carbonyl (C=O) groups is 1. The zero-order valence-corrected chi connectivity index (χ0v) is 18.7. The molecule has 0 saturated carbocycles. The van der Waals surface area contributed by atoms with Crippen LogP contribution in [0.3, 0.4) is 0 Å². The van der Waals surface area contributed by atoms with Gasteiger partial charge in [0.15, 0.2) is 5.82 Å². The first-order valence-electron chi connectivity index (χ1n) is 10.1. The maximum Gasteiger partial charge on any atom is 0.263 e. The highest BCUT2D eigenvalue weighted by atomic mass is 79.9. The molecular weight excluding hydrogens is 460 g/mol. The summed E-state index contributed by atoms with van der Waals surface area (Å²) >= 11 is 3.43. The van der Waals surface area contributed by atoms with Crippen LogP contribution in [-0.2, 0) is 4.79 Å². The Hall–Kier alpha value is -3.13. The molecule has 1 aliphatic rings. The second-order valence-electron chi connectivity index (χ2n) is 7.23. The smallest absolute Gasteiger partial charge is 0.263 e. The number of amides is 1. The summed E-state index contributed by atoms with van der Waals surface area (Å²) in [6.07, 6.45) is 4.72. The lowest BCUT2D eigenvalue weighted by Gasteiger charge is -2.32. The molecule has 4 rings (SSSR count). The lowest BCUT2D eigenvalue weighted by atomic mass is 9.96. The van der Waals surface area contributed by atoms with Crippen molar-refractivity contribution in [3.05, 3.63) is 65.4 Å². The molecule has 1 aliphatic heterocycles. The number of hydrogen-bond donors (Lipinski definition) is 1. The zero-order chi connectivity index (χ0) is 21.6. The van der Waals surface area contributed by atoms with Gasteiger partial charge in [-0.2, -0.15) is 0 Å². The van der Waals surface area contributed by atoms with Gasteiger partial charge in [0.05, 0.1) is 7.11 Å². The van der Waals surface area contributed by atoms with Crippen LogP contribution in [0.5, 0.6) is 17.4 Å². The SMILES string of the molecule is COc1cccc(Oc2nccnc2N2CCC(C(=O)Nc3cccc(Br)c3)CC2)c1. The predicted molar refractivity (Wildman–Crippen MR) is 123 cm³/mol. The van der Waals surface area contributed by atoms with Gasteiger partial charge in [-0.1, -0.05) is 28.1 Å². The van der Waals surface area contributed by atoms with Gasteiger partial charge in [-0.3, -0.25) is 4.79 Å². The monoisotopic (exact) mass is 482 g/mol. The molecule has 1 fully saturated rings. The fraction of sp³-hybridized carbons (Fsp3) is 0.261. The van der Waals surface area contributed by atoms with Crippen molar-refractivity contribution in [2.75, 3.05) is 30.4 Å². The summed E-state index contributed by atoms with van der Waals surface area (Å²) in [4.78, 5) is 23.7. The van der Waals surface area contributed by atoms with Crippen molar-refractivity contribution in [1.82, 2.24) is 9.97 Å². The molecule has 2 aromatic carbocycles. The Morgan fingerprint density at radius 3 is 2.58 bits per heavy atom. The summed E-state index contributed by atoms with van der Waals surface area (Å²) in [5.41, 5.74) is 0.796. The third-order valence-electron chi connectivity index (χ3n) is 5.16. The number of aromatic nitrogens is 2. The maximum atomic E-state index is 12.7. The first-order chi connectivity index (χ1) is 15.1. The summed E-state index contributed by atoms with van der Waals surface area (Å²) in [6, 6.07) is 15.0. The molecule has 0 radical (unpaired) electrons. The Morgan fingerprint density at radius 2 is 1.81 bits per heavy atom. The van der Waals surface area contributed by atoms with E-state index in [2.05, 4.69) is 36.1 Å². The van der Waals surface area contributed by atoms with Crippen LogP contribution in [-0.4, -0.2) is 36.1 Å². The van der Waals surface area contributed by atoms with E-state index in [-0.39, 0.29) is 11.8 Å². The number of nitrogens with one attached hydrogen (secondary N) is 1. The predicted octanol–water partition coefficient (Wildman–Crippen LogP) is 4.90. The largest absolute Gasteiger partial charge is 0.497 e. The summed E-state index contributed by atoms with van der Waals surface area (Å²) in [6.45, 7) is 1.40. The van der Waals surface area contributed by atoms with E-state index in [0.717, 1.165) is 23.0 Å². The van der Waals surface area contributed by atoms with Crippen LogP contribution in [0.2, 0.25) is 0 Å². The number of anilines is 2. The van der Waals surface area contributed by atoms with Gasteiger partial charge >= 0.3 is 0 Å². The molecule has 0 atom stereocenters. The molecule has 1 aromatic heterocycles. The van der Waals surface area contributed by atoms with E-state index < -0.39 is 0 Å². The van der Waals surface area contributed by atoms with E-state index in [0.29, 0.717) is 36.3 Å². The first-order valence-corrected chi connectivity index (χ1v) is 10.9. The molecule has 0 spiro atoms. The summed E-state index contributed by atoms with van der Waals surface area (Å²) in [5, 5.41) is 3.01. The average molecular weight is 483 g/mol. The van der Waals surface area contributed by atoms with Crippen molar-refractivity contribution in [1.29, 1.82) is 0 Å². The quantitative estimate of drug-likeness (QED) is 0.538. The van der Waals surface area contributed by atoms with Crippen LogP contribution >= 0.6 is 15.9 Å². The third-order valence-corrected chi connectivity index (χ3v) is 5.65. The lowest BCUT2D eigenvalue weighted by Crippen LogP contribution is -2.38. The number of hydrogen-bond acceptors (Lipinski definition) is 6. The highest BCUT2D eigenvalue weighted by Crippen LogP contribution is 2.32. The Balaban J connectivity index is 1.40. The fourth-order valence-corrected chi connectivity index (χ4v) is 3.95. The molecular formula is C23H23BrN4O3. The molecule has 1 N–H and O–H groups in total. The van der Waals surface area contributed by atoms with E-state index in [1.54, 1.807) is 25.6 Å². The molecule has 31 heavy (non-hydrogen) atoms. The van der Waals surface area contributed by atoms with Gasteiger partial charge in [0.25, 0.3) is 5.88 Å². The van der Waals surface area contributed by atoms with Gasteiger partial charge in [0.2, 0.25) is 5.91 Å². The van der Waals surface area contributed by atoms with Crippen molar-refractivity contribution in [3.8, 4) is 17.4 Å². The minimum atomic E-state index is -0.0466. The van der Waals surface area contributed by atoms with Crippen molar-refractivity contribution < 1.29 is 14.3 Å². The first kappa shape index (κ1) is 21.1. The van der Waals surface area contributed by atoms with Gasteiger partial charge < -0.3 is 19.7 Å². The van der Waals surface area contributed by atoms with Crippen LogP contribution in [0.15, 0.2) is 65.4 Å². The fourth-order valence-electron chi connectivity index (χ4n) is 3.55. The second-order valence-corrected chi connectivity index (χ2v) is 8.14. The van der Waals surface area contributed by atoms with Gasteiger partial charge in [0, 0.05) is 47.6 Å². The minimum Gasteiger partial charge on any atom is -0.497 e. The Labute approximate surface area is 189 Å². The molecule has 0 bridgehead atoms. The normalized spacial score (nSPS) is 14.2. The Bertz CT molecular complexity index is 1050. The van der Waals surface area contributed by atoms with E-state index in [4.69, 9.17) is 9.47 Å². The topological polar surface area (TPSA) is 76.6 Å². The molecule has 1 saturated heterocycles. The van der Waals surface area contributed by atoms with Crippen LogP contribution in [0, 0.1) is 5.92 Å². The standard InChI is InChI=1S/C23H23BrN4O3/c1-30-19-6-3-7-20(15-19)31-23-21(25-10-11-26-23)28-12-8-16(9-13-28)22(29)27-18-5-2-4-17(24)14-18/h2-7,10-11,14-16H,8-9,12-13H2,1H3,(H,27,29). The minimum absolute atomic E-state index is 0.0461. The molecule has 0 unspecified atom stereocenters. The van der Waals surface area contributed by atoms with Crippen molar-refractivity contribution >= 4 is 33.3 Å². The number of methoxy groups -OCH3 is 1. The van der Waals surface area contributed by atoms with Gasteiger partial charge in [-0.15, -0.1) is 0 Å². The van der Waals surface area contributed by atoms with Gasteiger partial charge in [0.1, 0.15) is 11.5 Å². The Morgan fingerprint density at radius 1 is 1.06 bits per heavy atom. The number of benzene rings is 2. The van der Waals surface area contributed by atoms with Crippen molar-refractivity contribution in [2.45, 2.75) is 12.8 Å². The molecule has 1 amide bonds. The summed E-state index contributed by atoms with van der Waals surface area (Å²) in [7, 11) is 1.61. The highest BCUT2D eigenvalue weighted by Gasteiger charge is 2.27. The van der Waals surface area contributed by atoms with E-state index in [1.165, 1.54) is 0 Å². The molecule has 0 aliphatic carbocycles. The average Bonchev–Trinajstić information content (AvgIpc) is 2.80. The Kier molecular flexibility index (Phi) is 6.66. The third kappa shape index (κ3) is 5.32. The molecule has 3 aromatic rings. The highest BCUT2D eigenvalue weighted by molar-refractivity contribution is 9.10. The van der Waals surface area contributed by atoms with Gasteiger partial charge in [-0.05, 0) is 43.2 Å².